The average molecular weight is 372 g/mol. The molecule has 0 spiro atoms. The van der Waals surface area contributed by atoms with E-state index in [0.717, 1.165) is 0 Å². The number of nitro benzene ring substituents is 2. The van der Waals surface area contributed by atoms with E-state index < -0.39 is 15.8 Å². The van der Waals surface area contributed by atoms with Gasteiger partial charge in [-0.25, -0.2) is 4.79 Å². The van der Waals surface area contributed by atoms with Gasteiger partial charge in [0, 0.05) is 35.9 Å². The van der Waals surface area contributed by atoms with Crippen LogP contribution in [0, 0.1) is 20.2 Å². The maximum absolute atomic E-state index is 11.0. The molecule has 0 saturated carbocycles. The summed E-state index contributed by atoms with van der Waals surface area (Å²) < 4.78 is 4.68. The number of carbonyl (C=O) groups is 2. The molecule has 2 aromatic rings. The molecule has 0 aliphatic heterocycles. The lowest BCUT2D eigenvalue weighted by Gasteiger charge is -1.95. The number of benzene rings is 2. The van der Waals surface area contributed by atoms with Crippen LogP contribution in [0.3, 0.4) is 0 Å². The van der Waals surface area contributed by atoms with Gasteiger partial charge in [0.25, 0.3) is 11.4 Å². The quantitative estimate of drug-likeness (QED) is 0.249. The molecule has 0 heterocycles. The standard InChI is InChI=1S/C11H11NO4.C7H5NO3/c1-2-16-11(13)7-6-9-4-3-5-10(8-9)12(14)15;9-5-6-2-1-3-7(4-6)8(10)11/h3-8H,2H2,1H3;1-5H/b7-6+;. The molecule has 0 N–H and O–H groups in total. The van der Waals surface area contributed by atoms with Crippen LogP contribution in [0.4, 0.5) is 11.4 Å². The van der Waals surface area contributed by atoms with Crippen molar-refractivity contribution in [2.24, 2.45) is 0 Å². The van der Waals surface area contributed by atoms with Crippen molar-refractivity contribution in [2.45, 2.75) is 6.92 Å². The normalized spacial score (nSPS) is 9.81. The Hall–Kier alpha value is -3.88. The third kappa shape index (κ3) is 7.69. The topological polar surface area (TPSA) is 130 Å². The van der Waals surface area contributed by atoms with E-state index in [9.17, 15) is 29.8 Å². The highest BCUT2D eigenvalue weighted by atomic mass is 16.6. The molecule has 9 heteroatoms. The number of non-ortho nitro benzene ring substituents is 2. The summed E-state index contributed by atoms with van der Waals surface area (Å²) in [4.78, 5) is 40.8. The zero-order chi connectivity index (χ0) is 20.2. The number of aldehydes is 1. The van der Waals surface area contributed by atoms with E-state index in [1.54, 1.807) is 19.1 Å². The van der Waals surface area contributed by atoms with Crippen LogP contribution >= 0.6 is 0 Å². The summed E-state index contributed by atoms with van der Waals surface area (Å²) in [6, 6.07) is 11.6. The van der Waals surface area contributed by atoms with Gasteiger partial charge in [-0.2, -0.15) is 0 Å². The van der Waals surface area contributed by atoms with Gasteiger partial charge < -0.3 is 4.74 Å². The lowest BCUT2D eigenvalue weighted by Crippen LogP contribution is -1.98. The first-order valence-corrected chi connectivity index (χ1v) is 7.66. The number of nitrogens with zero attached hydrogens (tertiary/aromatic N) is 2. The molecule has 2 aromatic carbocycles. The van der Waals surface area contributed by atoms with Crippen LogP contribution in [-0.2, 0) is 9.53 Å². The largest absolute Gasteiger partial charge is 0.463 e. The predicted octanol–water partition coefficient (Wildman–Crippen LogP) is 3.58. The lowest BCUT2D eigenvalue weighted by atomic mass is 10.2. The van der Waals surface area contributed by atoms with E-state index in [0.29, 0.717) is 24.0 Å². The highest BCUT2D eigenvalue weighted by molar-refractivity contribution is 5.87. The maximum atomic E-state index is 11.0. The van der Waals surface area contributed by atoms with Crippen molar-refractivity contribution < 1.29 is 24.2 Å². The summed E-state index contributed by atoms with van der Waals surface area (Å²) in [6.45, 7) is 2.01. The van der Waals surface area contributed by atoms with Crippen LogP contribution in [-0.4, -0.2) is 28.7 Å². The van der Waals surface area contributed by atoms with Crippen molar-refractivity contribution in [1.82, 2.24) is 0 Å². The molecule has 0 radical (unpaired) electrons. The number of rotatable bonds is 6. The van der Waals surface area contributed by atoms with Gasteiger partial charge in [-0.1, -0.05) is 24.3 Å². The van der Waals surface area contributed by atoms with Crippen molar-refractivity contribution in [2.75, 3.05) is 6.61 Å². The second kappa shape index (κ2) is 10.9. The Kier molecular flexibility index (Phi) is 8.52. The van der Waals surface area contributed by atoms with Gasteiger partial charge >= 0.3 is 5.97 Å². The Morgan fingerprint density at radius 1 is 1.00 bits per heavy atom. The monoisotopic (exact) mass is 372 g/mol. The summed E-state index contributed by atoms with van der Waals surface area (Å²) in [5, 5.41) is 20.6. The van der Waals surface area contributed by atoms with E-state index >= 15 is 0 Å². The molecule has 0 unspecified atom stereocenters. The molecule has 27 heavy (non-hydrogen) atoms. The fourth-order valence-corrected chi connectivity index (χ4v) is 1.81. The highest BCUT2D eigenvalue weighted by Crippen LogP contribution is 2.14. The number of esters is 1. The Balaban J connectivity index is 0.000000289. The van der Waals surface area contributed by atoms with Crippen LogP contribution in [0.5, 0.6) is 0 Å². The Morgan fingerprint density at radius 2 is 1.52 bits per heavy atom. The van der Waals surface area contributed by atoms with E-state index in [-0.39, 0.29) is 11.4 Å². The second-order valence-electron chi connectivity index (χ2n) is 4.91. The van der Waals surface area contributed by atoms with E-state index in [4.69, 9.17) is 0 Å². The Labute approximate surface area is 154 Å². The minimum atomic E-state index is -0.535. The molecule has 0 saturated heterocycles. The summed E-state index contributed by atoms with van der Waals surface area (Å²) in [7, 11) is 0. The first-order valence-electron chi connectivity index (χ1n) is 7.66. The minimum absolute atomic E-state index is 0.00833. The smallest absolute Gasteiger partial charge is 0.330 e. The predicted molar refractivity (Wildman–Crippen MR) is 97.2 cm³/mol. The molecule has 9 nitrogen and oxygen atoms in total. The average Bonchev–Trinajstić information content (AvgIpc) is 2.67. The summed E-state index contributed by atoms with van der Waals surface area (Å²) >= 11 is 0. The van der Waals surface area contributed by atoms with E-state index in [1.165, 1.54) is 48.6 Å². The van der Waals surface area contributed by atoms with Crippen LogP contribution in [0.2, 0.25) is 0 Å². The summed E-state index contributed by atoms with van der Waals surface area (Å²) in [5.74, 6) is -0.464. The SMILES string of the molecule is CCOC(=O)/C=C/c1cccc([N+](=O)[O-])c1.O=Cc1cccc([N+](=O)[O-])c1. The maximum Gasteiger partial charge on any atom is 0.330 e. The Morgan fingerprint density at radius 3 is 2.00 bits per heavy atom. The molecule has 0 amide bonds. The van der Waals surface area contributed by atoms with Gasteiger partial charge in [0.05, 0.1) is 16.5 Å². The fraction of sp³-hybridized carbons (Fsp3) is 0.111. The number of hydrogen-bond acceptors (Lipinski definition) is 7. The molecule has 0 aliphatic carbocycles. The van der Waals surface area contributed by atoms with Crippen LogP contribution in [0.15, 0.2) is 54.6 Å². The second-order valence-corrected chi connectivity index (χ2v) is 4.91. The summed E-state index contributed by atoms with van der Waals surface area (Å²) in [6.07, 6.45) is 3.29. The number of ether oxygens (including phenoxy) is 1. The van der Waals surface area contributed by atoms with Crippen molar-refractivity contribution in [3.05, 3.63) is 86.0 Å². The molecular weight excluding hydrogens is 356 g/mol. The molecular formula is C18H16N2O7. The minimum Gasteiger partial charge on any atom is -0.463 e. The zero-order valence-corrected chi connectivity index (χ0v) is 14.3. The van der Waals surface area contributed by atoms with Crippen LogP contribution < -0.4 is 0 Å². The van der Waals surface area contributed by atoms with Crippen LogP contribution in [0.25, 0.3) is 6.08 Å². The summed E-state index contributed by atoms with van der Waals surface area (Å²) in [5.41, 5.74) is 0.835. The molecule has 0 aromatic heterocycles. The molecule has 0 bridgehead atoms. The van der Waals surface area contributed by atoms with Crippen LogP contribution in [0.1, 0.15) is 22.8 Å². The van der Waals surface area contributed by atoms with Gasteiger partial charge in [0.2, 0.25) is 0 Å². The Bertz CT molecular complexity index is 862. The van der Waals surface area contributed by atoms with E-state index in [2.05, 4.69) is 4.74 Å². The van der Waals surface area contributed by atoms with Crippen molar-refractivity contribution in [3.8, 4) is 0 Å². The van der Waals surface area contributed by atoms with Crippen molar-refractivity contribution >= 4 is 29.7 Å². The highest BCUT2D eigenvalue weighted by Gasteiger charge is 2.04. The fourth-order valence-electron chi connectivity index (χ4n) is 1.81. The first-order chi connectivity index (χ1) is 12.9. The van der Waals surface area contributed by atoms with Gasteiger partial charge in [0.15, 0.2) is 0 Å². The van der Waals surface area contributed by atoms with Gasteiger partial charge in [-0.05, 0) is 18.6 Å². The van der Waals surface area contributed by atoms with Gasteiger partial charge in [-0.15, -0.1) is 0 Å². The first kappa shape index (κ1) is 21.2. The van der Waals surface area contributed by atoms with Gasteiger partial charge in [0.1, 0.15) is 6.29 Å². The number of nitro groups is 2. The third-order valence-corrected chi connectivity index (χ3v) is 3.00. The van der Waals surface area contributed by atoms with Crippen molar-refractivity contribution in [1.29, 1.82) is 0 Å². The number of carbonyl (C=O) groups excluding carboxylic acids is 2. The van der Waals surface area contributed by atoms with Gasteiger partial charge in [-0.3, -0.25) is 25.0 Å². The number of hydrogen-bond donors (Lipinski definition) is 0. The van der Waals surface area contributed by atoms with E-state index in [1.807, 2.05) is 0 Å². The van der Waals surface area contributed by atoms with Crippen molar-refractivity contribution in [3.63, 3.8) is 0 Å². The molecule has 0 fully saturated rings. The lowest BCUT2D eigenvalue weighted by molar-refractivity contribution is -0.385. The third-order valence-electron chi connectivity index (χ3n) is 3.00. The molecule has 2 rings (SSSR count). The molecule has 0 aliphatic rings. The zero-order valence-electron chi connectivity index (χ0n) is 14.3. The molecule has 0 atom stereocenters. The molecule has 140 valence electrons.